The van der Waals surface area contributed by atoms with Crippen molar-refractivity contribution in [1.29, 1.82) is 0 Å². The molecule has 8 nitrogen and oxygen atoms in total. The highest BCUT2D eigenvalue weighted by molar-refractivity contribution is 5.85. The summed E-state index contributed by atoms with van der Waals surface area (Å²) in [6.07, 6.45) is 1.63. The van der Waals surface area contributed by atoms with Gasteiger partial charge in [-0.2, -0.15) is 0 Å². The molecule has 8 heteroatoms. The highest BCUT2D eigenvalue weighted by Crippen LogP contribution is 2.11. The van der Waals surface area contributed by atoms with E-state index in [-0.39, 0.29) is 37.3 Å². The predicted molar refractivity (Wildman–Crippen MR) is 84.1 cm³/mol. The van der Waals surface area contributed by atoms with E-state index in [1.807, 2.05) is 0 Å². The number of carbonyl (C=O) groups excluding carboxylic acids is 4. The van der Waals surface area contributed by atoms with Gasteiger partial charge in [-0.05, 0) is 12.8 Å². The van der Waals surface area contributed by atoms with Gasteiger partial charge in [-0.15, -0.1) is 0 Å². The van der Waals surface area contributed by atoms with Gasteiger partial charge in [0.15, 0.2) is 0 Å². The van der Waals surface area contributed by atoms with E-state index in [0.29, 0.717) is 25.8 Å². The number of primary amides is 1. The molecule has 0 saturated carbocycles. The number of carbonyl (C=O) groups is 4. The first kappa shape index (κ1) is 20.9. The van der Waals surface area contributed by atoms with Crippen LogP contribution in [0.25, 0.3) is 0 Å². The summed E-state index contributed by atoms with van der Waals surface area (Å²) in [4.78, 5) is 44.9. The van der Waals surface area contributed by atoms with Crippen LogP contribution in [0.1, 0.15) is 46.5 Å². The van der Waals surface area contributed by atoms with E-state index in [2.05, 4.69) is 10.6 Å². The van der Waals surface area contributed by atoms with E-state index in [4.69, 9.17) is 10.5 Å². The molecule has 0 aliphatic carbocycles. The van der Waals surface area contributed by atoms with Gasteiger partial charge in [0.05, 0.1) is 6.42 Å². The largest absolute Gasteiger partial charge is 0.464 e. The van der Waals surface area contributed by atoms with Crippen molar-refractivity contribution >= 4 is 23.7 Å². The van der Waals surface area contributed by atoms with Crippen LogP contribution in [0.15, 0.2) is 0 Å². The summed E-state index contributed by atoms with van der Waals surface area (Å²) < 4.78 is 4.86. The summed E-state index contributed by atoms with van der Waals surface area (Å²) in [6.45, 7) is 5.40. The van der Waals surface area contributed by atoms with Crippen LogP contribution in [-0.4, -0.2) is 43.4 Å². The van der Waals surface area contributed by atoms with Crippen molar-refractivity contribution in [2.45, 2.75) is 46.5 Å². The Morgan fingerprint density at radius 3 is 2.22 bits per heavy atom. The Morgan fingerprint density at radius 2 is 1.65 bits per heavy atom. The van der Waals surface area contributed by atoms with Crippen LogP contribution in [0, 0.1) is 5.41 Å². The molecule has 0 aromatic heterocycles. The second-order valence-corrected chi connectivity index (χ2v) is 6.18. The lowest BCUT2D eigenvalue weighted by molar-refractivity contribution is -0.145. The molecule has 0 aliphatic rings. The lowest BCUT2D eigenvalue weighted by Gasteiger charge is -2.17. The minimum atomic E-state index is -0.586. The SMILES string of the molecule is CC(C)(C)C(=O)NCC(=O)OCCC(=O)NCCCCC(N)=O. The van der Waals surface area contributed by atoms with Crippen molar-refractivity contribution in [2.24, 2.45) is 11.1 Å². The number of nitrogens with two attached hydrogens (primary N) is 1. The van der Waals surface area contributed by atoms with Crippen molar-refractivity contribution < 1.29 is 23.9 Å². The molecule has 132 valence electrons. The second-order valence-electron chi connectivity index (χ2n) is 6.18. The Hall–Kier alpha value is -2.12. The zero-order valence-corrected chi connectivity index (χ0v) is 14.1. The molecule has 0 rings (SSSR count). The average molecular weight is 329 g/mol. The zero-order chi connectivity index (χ0) is 17.9. The molecule has 0 fully saturated rings. The molecule has 23 heavy (non-hydrogen) atoms. The molecule has 3 amide bonds. The van der Waals surface area contributed by atoms with Crippen LogP contribution in [0.2, 0.25) is 0 Å². The van der Waals surface area contributed by atoms with E-state index >= 15 is 0 Å². The van der Waals surface area contributed by atoms with Gasteiger partial charge in [0, 0.05) is 18.4 Å². The lowest BCUT2D eigenvalue weighted by atomic mass is 9.96. The summed E-state index contributed by atoms with van der Waals surface area (Å²) >= 11 is 0. The molecule has 0 aromatic carbocycles. The molecule has 4 N–H and O–H groups in total. The lowest BCUT2D eigenvalue weighted by Crippen LogP contribution is -2.38. The van der Waals surface area contributed by atoms with Crippen molar-refractivity contribution in [1.82, 2.24) is 10.6 Å². The fourth-order valence-electron chi connectivity index (χ4n) is 1.47. The molecule has 0 radical (unpaired) electrons. The van der Waals surface area contributed by atoms with Gasteiger partial charge >= 0.3 is 5.97 Å². The summed E-state index contributed by atoms with van der Waals surface area (Å²) in [6, 6.07) is 0. The van der Waals surface area contributed by atoms with Gasteiger partial charge in [-0.25, -0.2) is 0 Å². The third-order valence-electron chi connectivity index (χ3n) is 2.84. The van der Waals surface area contributed by atoms with Crippen LogP contribution in [0.5, 0.6) is 0 Å². The summed E-state index contributed by atoms with van der Waals surface area (Å²) in [5.74, 6) is -1.43. The van der Waals surface area contributed by atoms with Crippen molar-refractivity contribution in [3.05, 3.63) is 0 Å². The molecule has 0 bridgehead atoms. The molecule has 0 heterocycles. The number of ether oxygens (including phenoxy) is 1. The molecule has 0 spiro atoms. The maximum atomic E-state index is 11.6. The number of unbranched alkanes of at least 4 members (excludes halogenated alkanes) is 1. The monoisotopic (exact) mass is 329 g/mol. The highest BCUT2D eigenvalue weighted by atomic mass is 16.5. The highest BCUT2D eigenvalue weighted by Gasteiger charge is 2.21. The van der Waals surface area contributed by atoms with E-state index < -0.39 is 11.4 Å². The quantitative estimate of drug-likeness (QED) is 0.379. The summed E-state index contributed by atoms with van der Waals surface area (Å²) in [5, 5.41) is 5.11. The molecule has 0 aliphatic heterocycles. The Labute approximate surface area is 136 Å². The normalized spacial score (nSPS) is 10.7. The van der Waals surface area contributed by atoms with Gasteiger partial charge < -0.3 is 21.1 Å². The van der Waals surface area contributed by atoms with Gasteiger partial charge in [0.1, 0.15) is 13.2 Å². The minimum absolute atomic E-state index is 0.0443. The number of hydrogen-bond acceptors (Lipinski definition) is 5. The Bertz CT molecular complexity index is 429. The number of rotatable bonds is 10. The average Bonchev–Trinajstić information content (AvgIpc) is 2.42. The first-order chi connectivity index (χ1) is 10.6. The smallest absolute Gasteiger partial charge is 0.325 e. The standard InChI is InChI=1S/C15H27N3O5/c1-15(2,3)14(22)18-10-13(21)23-9-7-12(20)17-8-5-4-6-11(16)19/h4-10H2,1-3H3,(H2,16,19)(H,17,20)(H,18,22). The Balaban J connectivity index is 3.65. The topological polar surface area (TPSA) is 128 Å². The Morgan fingerprint density at radius 1 is 1.00 bits per heavy atom. The van der Waals surface area contributed by atoms with Gasteiger partial charge in [-0.3, -0.25) is 19.2 Å². The number of amides is 3. The maximum absolute atomic E-state index is 11.6. The minimum Gasteiger partial charge on any atom is -0.464 e. The van der Waals surface area contributed by atoms with E-state index in [0.717, 1.165) is 0 Å². The first-order valence-corrected chi connectivity index (χ1v) is 7.62. The van der Waals surface area contributed by atoms with Crippen LogP contribution in [0.4, 0.5) is 0 Å². The van der Waals surface area contributed by atoms with Crippen molar-refractivity contribution in [3.63, 3.8) is 0 Å². The van der Waals surface area contributed by atoms with E-state index in [9.17, 15) is 19.2 Å². The molecule has 0 aromatic rings. The molecular weight excluding hydrogens is 302 g/mol. The maximum Gasteiger partial charge on any atom is 0.325 e. The van der Waals surface area contributed by atoms with Crippen LogP contribution in [-0.2, 0) is 23.9 Å². The van der Waals surface area contributed by atoms with E-state index in [1.165, 1.54) is 0 Å². The number of hydrogen-bond donors (Lipinski definition) is 3. The fraction of sp³-hybridized carbons (Fsp3) is 0.733. The number of nitrogens with one attached hydrogen (secondary N) is 2. The first-order valence-electron chi connectivity index (χ1n) is 7.62. The van der Waals surface area contributed by atoms with Crippen molar-refractivity contribution in [3.8, 4) is 0 Å². The van der Waals surface area contributed by atoms with Crippen LogP contribution >= 0.6 is 0 Å². The summed E-state index contributed by atoms with van der Waals surface area (Å²) in [7, 11) is 0. The second kappa shape index (κ2) is 10.6. The van der Waals surface area contributed by atoms with Crippen LogP contribution < -0.4 is 16.4 Å². The van der Waals surface area contributed by atoms with Gasteiger partial charge in [0.2, 0.25) is 17.7 Å². The van der Waals surface area contributed by atoms with Crippen molar-refractivity contribution in [2.75, 3.05) is 19.7 Å². The molecule has 0 unspecified atom stereocenters. The summed E-state index contributed by atoms with van der Waals surface area (Å²) in [5.41, 5.74) is 4.42. The fourth-order valence-corrected chi connectivity index (χ4v) is 1.47. The third-order valence-corrected chi connectivity index (χ3v) is 2.84. The van der Waals surface area contributed by atoms with Gasteiger partial charge in [0.25, 0.3) is 0 Å². The Kier molecular flexibility index (Phi) is 9.60. The van der Waals surface area contributed by atoms with Crippen LogP contribution in [0.3, 0.4) is 0 Å². The third kappa shape index (κ3) is 12.1. The molecular formula is C15H27N3O5. The number of esters is 1. The predicted octanol–water partition coefficient (Wildman–Crippen LogP) is -0.146. The van der Waals surface area contributed by atoms with Gasteiger partial charge in [-0.1, -0.05) is 20.8 Å². The molecule has 0 atom stereocenters. The molecule has 0 saturated heterocycles. The zero-order valence-electron chi connectivity index (χ0n) is 14.1. The van der Waals surface area contributed by atoms with E-state index in [1.54, 1.807) is 20.8 Å².